The normalized spacial score (nSPS) is 19.6. The van der Waals surface area contributed by atoms with Gasteiger partial charge in [0.1, 0.15) is 0 Å². The van der Waals surface area contributed by atoms with Crippen molar-refractivity contribution in [2.45, 2.75) is 57.9 Å². The summed E-state index contributed by atoms with van der Waals surface area (Å²) in [6.07, 6.45) is 5.36. The molecule has 100 valence electrons. The van der Waals surface area contributed by atoms with E-state index in [2.05, 4.69) is 56.4 Å². The molecule has 0 heterocycles. The highest BCUT2D eigenvalue weighted by Crippen LogP contribution is 2.47. The maximum absolute atomic E-state index is 3.76. The zero-order valence-corrected chi connectivity index (χ0v) is 12.1. The molecule has 2 rings (SSSR count). The van der Waals surface area contributed by atoms with E-state index in [0.717, 1.165) is 12.5 Å². The van der Waals surface area contributed by atoms with Crippen molar-refractivity contribution in [1.29, 1.82) is 0 Å². The average Bonchev–Trinajstić information content (AvgIpc) is 2.28. The molecular weight excluding hydrogens is 218 g/mol. The molecule has 1 N–H and O–H groups in total. The fraction of sp³-hybridized carbons (Fsp3) is 0.647. The number of hydrogen-bond acceptors (Lipinski definition) is 1. The molecule has 0 saturated heterocycles. The van der Waals surface area contributed by atoms with Crippen LogP contribution in [0.2, 0.25) is 0 Å². The van der Waals surface area contributed by atoms with Gasteiger partial charge in [0, 0.05) is 11.5 Å². The van der Waals surface area contributed by atoms with Gasteiger partial charge < -0.3 is 5.32 Å². The Morgan fingerprint density at radius 2 is 1.83 bits per heavy atom. The van der Waals surface area contributed by atoms with Crippen LogP contribution in [-0.4, -0.2) is 12.6 Å². The Kier molecular flexibility index (Phi) is 4.45. The molecule has 0 amide bonds. The molecule has 1 aromatic carbocycles. The van der Waals surface area contributed by atoms with Crippen LogP contribution in [0.3, 0.4) is 0 Å². The van der Waals surface area contributed by atoms with Crippen molar-refractivity contribution < 1.29 is 0 Å². The highest BCUT2D eigenvalue weighted by molar-refractivity contribution is 5.30. The molecule has 1 fully saturated rings. The monoisotopic (exact) mass is 245 g/mol. The van der Waals surface area contributed by atoms with Crippen LogP contribution < -0.4 is 5.32 Å². The van der Waals surface area contributed by atoms with Gasteiger partial charge in [-0.2, -0.15) is 0 Å². The zero-order valence-electron chi connectivity index (χ0n) is 12.1. The summed E-state index contributed by atoms with van der Waals surface area (Å²) in [4.78, 5) is 0. The fourth-order valence-corrected chi connectivity index (χ4v) is 3.39. The third-order valence-corrected chi connectivity index (χ3v) is 4.42. The fourth-order valence-electron chi connectivity index (χ4n) is 3.39. The van der Waals surface area contributed by atoms with Crippen LogP contribution in [0.5, 0.6) is 0 Å². The molecule has 0 radical (unpaired) electrons. The van der Waals surface area contributed by atoms with Gasteiger partial charge in [0.05, 0.1) is 0 Å². The first-order valence-electron chi connectivity index (χ1n) is 7.48. The lowest BCUT2D eigenvalue weighted by molar-refractivity contribution is 0.153. The van der Waals surface area contributed by atoms with E-state index in [1.165, 1.54) is 25.7 Å². The Labute approximate surface area is 112 Å². The van der Waals surface area contributed by atoms with E-state index < -0.39 is 0 Å². The predicted molar refractivity (Wildman–Crippen MR) is 78.9 cm³/mol. The lowest BCUT2D eigenvalue weighted by Gasteiger charge is -2.49. The van der Waals surface area contributed by atoms with E-state index in [0.29, 0.717) is 11.5 Å². The number of hydrogen-bond donors (Lipinski definition) is 1. The van der Waals surface area contributed by atoms with Crippen molar-refractivity contribution in [3.05, 3.63) is 35.9 Å². The molecule has 1 nitrogen and oxygen atoms in total. The molecule has 1 aliphatic rings. The van der Waals surface area contributed by atoms with Gasteiger partial charge >= 0.3 is 0 Å². The highest BCUT2D eigenvalue weighted by atomic mass is 14.9. The number of nitrogens with one attached hydrogen (secondary N) is 1. The van der Waals surface area contributed by atoms with E-state index in [-0.39, 0.29) is 0 Å². The quantitative estimate of drug-likeness (QED) is 0.794. The Morgan fingerprint density at radius 1 is 1.17 bits per heavy atom. The summed E-state index contributed by atoms with van der Waals surface area (Å²) in [5, 5.41) is 3.76. The molecule has 0 spiro atoms. The van der Waals surface area contributed by atoms with Crippen molar-refractivity contribution in [2.75, 3.05) is 6.54 Å². The molecule has 1 aliphatic carbocycles. The van der Waals surface area contributed by atoms with E-state index in [1.54, 1.807) is 5.56 Å². The van der Waals surface area contributed by atoms with Gasteiger partial charge in [-0.3, -0.25) is 0 Å². The van der Waals surface area contributed by atoms with Crippen LogP contribution in [0.15, 0.2) is 30.3 Å². The van der Waals surface area contributed by atoms with Crippen molar-refractivity contribution in [3.63, 3.8) is 0 Å². The molecule has 1 unspecified atom stereocenters. The molecule has 1 heteroatoms. The van der Waals surface area contributed by atoms with Crippen LogP contribution in [-0.2, 0) is 5.41 Å². The lowest BCUT2D eigenvalue weighted by atomic mass is 9.59. The minimum absolute atomic E-state index is 0.404. The smallest absolute Gasteiger partial charge is 0.0166 e. The molecular formula is C17H27N. The topological polar surface area (TPSA) is 12.0 Å². The second kappa shape index (κ2) is 5.88. The van der Waals surface area contributed by atoms with Crippen molar-refractivity contribution in [2.24, 2.45) is 5.92 Å². The highest BCUT2D eigenvalue weighted by Gasteiger charge is 2.44. The summed E-state index contributed by atoms with van der Waals surface area (Å²) in [5.41, 5.74) is 1.95. The van der Waals surface area contributed by atoms with Gasteiger partial charge in [-0.05, 0) is 37.3 Å². The van der Waals surface area contributed by atoms with E-state index in [1.807, 2.05) is 0 Å². The maximum atomic E-state index is 3.76. The summed E-state index contributed by atoms with van der Waals surface area (Å²) in [5.74, 6) is 0.759. The summed E-state index contributed by atoms with van der Waals surface area (Å²) >= 11 is 0. The third kappa shape index (κ3) is 2.61. The van der Waals surface area contributed by atoms with Gasteiger partial charge in [0.15, 0.2) is 0 Å². The Morgan fingerprint density at radius 3 is 2.28 bits per heavy atom. The van der Waals surface area contributed by atoms with Crippen LogP contribution in [0, 0.1) is 5.92 Å². The number of rotatable bonds is 6. The van der Waals surface area contributed by atoms with E-state index in [4.69, 9.17) is 0 Å². The molecule has 1 aromatic rings. The minimum Gasteiger partial charge on any atom is -0.313 e. The Bertz CT molecular complexity index is 351. The van der Waals surface area contributed by atoms with E-state index >= 15 is 0 Å². The number of likely N-dealkylation sites (N-methyl/N-ethyl adjacent to an activating group) is 1. The maximum Gasteiger partial charge on any atom is 0.0166 e. The van der Waals surface area contributed by atoms with Gasteiger partial charge in [0.2, 0.25) is 0 Å². The third-order valence-electron chi connectivity index (χ3n) is 4.42. The molecule has 0 aliphatic heterocycles. The molecule has 1 atom stereocenters. The van der Waals surface area contributed by atoms with Gasteiger partial charge in [0.25, 0.3) is 0 Å². The first-order chi connectivity index (χ1) is 8.69. The second-order valence-electron chi connectivity index (χ2n) is 6.12. The summed E-state index contributed by atoms with van der Waals surface area (Å²) in [7, 11) is 0. The van der Waals surface area contributed by atoms with E-state index in [9.17, 15) is 0 Å². The van der Waals surface area contributed by atoms with Crippen molar-refractivity contribution >= 4 is 0 Å². The summed E-state index contributed by atoms with van der Waals surface area (Å²) in [6, 6.07) is 11.8. The van der Waals surface area contributed by atoms with Crippen LogP contribution in [0.4, 0.5) is 0 Å². The number of benzene rings is 1. The van der Waals surface area contributed by atoms with Crippen molar-refractivity contribution in [3.8, 4) is 0 Å². The largest absolute Gasteiger partial charge is 0.313 e. The summed E-state index contributed by atoms with van der Waals surface area (Å²) < 4.78 is 0. The standard InChI is InChI=1S/C17H27N/c1-4-18-16(13-14(2)3)17(11-8-12-17)15-9-6-5-7-10-15/h5-7,9-10,14,16,18H,4,8,11-13H2,1-3H3. The first kappa shape index (κ1) is 13.6. The second-order valence-corrected chi connectivity index (χ2v) is 6.12. The van der Waals surface area contributed by atoms with Gasteiger partial charge in [-0.25, -0.2) is 0 Å². The molecule has 0 bridgehead atoms. The van der Waals surface area contributed by atoms with Gasteiger partial charge in [-0.15, -0.1) is 0 Å². The van der Waals surface area contributed by atoms with Gasteiger partial charge in [-0.1, -0.05) is 57.5 Å². The van der Waals surface area contributed by atoms with Crippen LogP contribution in [0.1, 0.15) is 52.0 Å². The van der Waals surface area contributed by atoms with Crippen molar-refractivity contribution in [1.82, 2.24) is 5.32 Å². The molecule has 1 saturated carbocycles. The first-order valence-corrected chi connectivity index (χ1v) is 7.48. The minimum atomic E-state index is 0.404. The SMILES string of the molecule is CCNC(CC(C)C)C1(c2ccccc2)CCC1. The zero-order chi connectivity index (χ0) is 13.0. The predicted octanol–water partition coefficient (Wildman–Crippen LogP) is 4.13. The average molecular weight is 245 g/mol. The lowest BCUT2D eigenvalue weighted by Crippen LogP contribution is -2.53. The Hall–Kier alpha value is -0.820. The van der Waals surface area contributed by atoms with Crippen LogP contribution in [0.25, 0.3) is 0 Å². The molecule has 0 aromatic heterocycles. The summed E-state index contributed by atoms with van der Waals surface area (Å²) in [6.45, 7) is 7.97. The Balaban J connectivity index is 2.23. The van der Waals surface area contributed by atoms with Crippen LogP contribution >= 0.6 is 0 Å². The molecule has 18 heavy (non-hydrogen) atoms.